The summed E-state index contributed by atoms with van der Waals surface area (Å²) in [5, 5.41) is 4.17. The number of anilines is 1. The zero-order valence-electron chi connectivity index (χ0n) is 8.41. The summed E-state index contributed by atoms with van der Waals surface area (Å²) < 4.78 is 11.2. The van der Waals surface area contributed by atoms with Crippen LogP contribution in [0.25, 0.3) is 0 Å². The van der Waals surface area contributed by atoms with E-state index in [-0.39, 0.29) is 0 Å². The minimum Gasteiger partial charge on any atom is -0.382 e. The molecule has 0 atom stereocenters. The molecule has 0 saturated carbocycles. The average Bonchev–Trinajstić information content (AvgIpc) is 2.22. The Kier molecular flexibility index (Phi) is 3.65. The molecule has 0 aromatic heterocycles. The van der Waals surface area contributed by atoms with Gasteiger partial charge in [-0.3, -0.25) is 4.21 Å². The van der Waals surface area contributed by atoms with Crippen LogP contribution in [0.2, 0.25) is 5.02 Å². The van der Waals surface area contributed by atoms with Crippen LogP contribution in [-0.2, 0) is 10.8 Å². The van der Waals surface area contributed by atoms with E-state index in [9.17, 15) is 4.21 Å². The third kappa shape index (κ3) is 3.21. The Bertz CT molecular complexity index is 359. The molecule has 1 saturated heterocycles. The second-order valence-electron chi connectivity index (χ2n) is 3.78. The van der Waals surface area contributed by atoms with Crippen LogP contribution in [0.3, 0.4) is 0 Å². The van der Waals surface area contributed by atoms with Gasteiger partial charge in [0.15, 0.2) is 0 Å². The van der Waals surface area contributed by atoms with Gasteiger partial charge in [-0.2, -0.15) is 0 Å². The molecular formula is C11H14ClNOS. The molecule has 1 aromatic carbocycles. The normalized spacial score (nSPS) is 26.2. The molecule has 2 rings (SSSR count). The lowest BCUT2D eigenvalue weighted by molar-refractivity contribution is 0.624. The van der Waals surface area contributed by atoms with Gasteiger partial charge in [0.25, 0.3) is 0 Å². The minimum absolute atomic E-state index is 0.446. The number of hydrogen-bond acceptors (Lipinski definition) is 2. The molecule has 4 heteroatoms. The molecule has 1 aliphatic heterocycles. The Labute approximate surface area is 97.5 Å². The van der Waals surface area contributed by atoms with Crippen molar-refractivity contribution in [2.75, 3.05) is 16.8 Å². The van der Waals surface area contributed by atoms with E-state index in [1.807, 2.05) is 24.3 Å². The predicted molar refractivity (Wildman–Crippen MR) is 66.0 cm³/mol. The van der Waals surface area contributed by atoms with Gasteiger partial charge < -0.3 is 5.32 Å². The molecule has 0 radical (unpaired) electrons. The largest absolute Gasteiger partial charge is 0.382 e. The molecule has 1 N–H and O–H groups in total. The molecule has 2 nitrogen and oxygen atoms in total. The molecule has 1 fully saturated rings. The highest BCUT2D eigenvalue weighted by Crippen LogP contribution is 2.19. The average molecular weight is 244 g/mol. The van der Waals surface area contributed by atoms with Gasteiger partial charge in [0.05, 0.1) is 0 Å². The van der Waals surface area contributed by atoms with Crippen molar-refractivity contribution in [2.45, 2.75) is 18.9 Å². The molecule has 0 aliphatic carbocycles. The molecule has 0 amide bonds. The van der Waals surface area contributed by atoms with E-state index in [2.05, 4.69) is 5.32 Å². The minimum atomic E-state index is -0.589. The second kappa shape index (κ2) is 4.99. The summed E-state index contributed by atoms with van der Waals surface area (Å²) in [5.41, 5.74) is 1.06. The number of rotatable bonds is 2. The zero-order chi connectivity index (χ0) is 10.7. The van der Waals surface area contributed by atoms with Gasteiger partial charge in [-0.15, -0.1) is 0 Å². The number of benzene rings is 1. The van der Waals surface area contributed by atoms with Crippen molar-refractivity contribution in [3.05, 3.63) is 29.3 Å². The fourth-order valence-electron chi connectivity index (χ4n) is 1.75. The van der Waals surface area contributed by atoms with Crippen LogP contribution in [0.4, 0.5) is 5.69 Å². The third-order valence-electron chi connectivity index (χ3n) is 2.58. The summed E-state index contributed by atoms with van der Waals surface area (Å²) >= 11 is 5.90. The first kappa shape index (κ1) is 11.0. The van der Waals surface area contributed by atoms with E-state index in [1.54, 1.807) is 0 Å². The molecular weight excluding hydrogens is 230 g/mol. The van der Waals surface area contributed by atoms with Gasteiger partial charge in [0.2, 0.25) is 0 Å². The van der Waals surface area contributed by atoms with Crippen LogP contribution in [0.1, 0.15) is 12.8 Å². The van der Waals surface area contributed by atoms with Crippen molar-refractivity contribution in [1.29, 1.82) is 0 Å². The van der Waals surface area contributed by atoms with E-state index in [1.165, 1.54) is 0 Å². The summed E-state index contributed by atoms with van der Waals surface area (Å²) in [5.74, 6) is 1.64. The van der Waals surface area contributed by atoms with Crippen LogP contribution in [0.15, 0.2) is 24.3 Å². The van der Waals surface area contributed by atoms with Crippen molar-refractivity contribution in [2.24, 2.45) is 0 Å². The number of halogens is 1. The van der Waals surface area contributed by atoms with Crippen LogP contribution >= 0.6 is 11.6 Å². The molecule has 15 heavy (non-hydrogen) atoms. The molecule has 0 spiro atoms. The van der Waals surface area contributed by atoms with Crippen molar-refractivity contribution < 1.29 is 4.21 Å². The lowest BCUT2D eigenvalue weighted by Gasteiger charge is -2.23. The van der Waals surface area contributed by atoms with Gasteiger partial charge >= 0.3 is 0 Å². The van der Waals surface area contributed by atoms with Gasteiger partial charge in [0.1, 0.15) is 0 Å². The Morgan fingerprint density at radius 1 is 1.33 bits per heavy atom. The highest BCUT2D eigenvalue weighted by Gasteiger charge is 2.17. The summed E-state index contributed by atoms with van der Waals surface area (Å²) in [6.45, 7) is 0. The van der Waals surface area contributed by atoms with Crippen LogP contribution in [0, 0.1) is 0 Å². The fraction of sp³-hybridized carbons (Fsp3) is 0.455. The Morgan fingerprint density at radius 2 is 2.07 bits per heavy atom. The van der Waals surface area contributed by atoms with Crippen molar-refractivity contribution in [1.82, 2.24) is 0 Å². The van der Waals surface area contributed by atoms with Crippen LogP contribution in [0.5, 0.6) is 0 Å². The van der Waals surface area contributed by atoms with E-state index in [4.69, 9.17) is 11.6 Å². The van der Waals surface area contributed by atoms with Gasteiger partial charge in [0, 0.05) is 39.1 Å². The maximum atomic E-state index is 11.2. The Hall–Kier alpha value is -0.540. The second-order valence-corrected chi connectivity index (χ2v) is 5.91. The molecule has 0 bridgehead atoms. The van der Waals surface area contributed by atoms with Crippen LogP contribution in [-0.4, -0.2) is 21.8 Å². The predicted octanol–water partition coefficient (Wildman–Crippen LogP) is 2.66. The monoisotopic (exact) mass is 243 g/mol. The van der Waals surface area contributed by atoms with Gasteiger partial charge in [-0.1, -0.05) is 17.7 Å². The first-order chi connectivity index (χ1) is 7.24. The standard InChI is InChI=1S/C11H14ClNOS/c12-9-2-1-3-11(8-9)13-10-4-6-15(14)7-5-10/h1-3,8,10,13H,4-7H2. The van der Waals surface area contributed by atoms with Gasteiger partial charge in [-0.05, 0) is 31.0 Å². The molecule has 82 valence electrons. The zero-order valence-corrected chi connectivity index (χ0v) is 9.98. The number of hydrogen-bond donors (Lipinski definition) is 1. The van der Waals surface area contributed by atoms with E-state index in [0.29, 0.717) is 6.04 Å². The molecule has 1 heterocycles. The van der Waals surface area contributed by atoms with E-state index in [0.717, 1.165) is 35.1 Å². The lowest BCUT2D eigenvalue weighted by atomic mass is 10.1. The summed E-state index contributed by atoms with van der Waals surface area (Å²) in [6, 6.07) is 8.18. The van der Waals surface area contributed by atoms with Crippen LogP contribution < -0.4 is 5.32 Å². The SMILES string of the molecule is O=S1CCC(Nc2cccc(Cl)c2)CC1. The number of nitrogens with one attached hydrogen (secondary N) is 1. The summed E-state index contributed by atoms with van der Waals surface area (Å²) in [4.78, 5) is 0. The maximum absolute atomic E-state index is 11.2. The first-order valence-electron chi connectivity index (χ1n) is 5.11. The molecule has 1 aromatic rings. The van der Waals surface area contributed by atoms with Crippen molar-refractivity contribution in [3.63, 3.8) is 0 Å². The maximum Gasteiger partial charge on any atom is 0.0426 e. The van der Waals surface area contributed by atoms with Crippen molar-refractivity contribution in [3.8, 4) is 0 Å². The quantitative estimate of drug-likeness (QED) is 0.865. The topological polar surface area (TPSA) is 29.1 Å². The third-order valence-corrected chi connectivity index (χ3v) is 4.20. The highest BCUT2D eigenvalue weighted by atomic mass is 35.5. The highest BCUT2D eigenvalue weighted by molar-refractivity contribution is 7.85. The molecule has 1 aliphatic rings. The lowest BCUT2D eigenvalue weighted by Crippen LogP contribution is -2.29. The Morgan fingerprint density at radius 3 is 2.73 bits per heavy atom. The van der Waals surface area contributed by atoms with E-state index >= 15 is 0 Å². The molecule has 0 unspecified atom stereocenters. The summed E-state index contributed by atoms with van der Waals surface area (Å²) in [6.07, 6.45) is 1.97. The summed E-state index contributed by atoms with van der Waals surface area (Å²) in [7, 11) is -0.589. The van der Waals surface area contributed by atoms with Gasteiger partial charge in [-0.25, -0.2) is 0 Å². The smallest absolute Gasteiger partial charge is 0.0426 e. The Balaban J connectivity index is 1.94. The first-order valence-corrected chi connectivity index (χ1v) is 6.98. The van der Waals surface area contributed by atoms with E-state index < -0.39 is 10.8 Å². The fourth-order valence-corrected chi connectivity index (χ4v) is 3.24. The van der Waals surface area contributed by atoms with Crippen molar-refractivity contribution >= 4 is 28.1 Å².